The first kappa shape index (κ1) is 25.2. The van der Waals surface area contributed by atoms with E-state index in [0.29, 0.717) is 4.57 Å². The molecule has 0 bridgehead atoms. The standard InChI is InChI=1S/C10H17N2O15P3/c1-11-6(13)2-3-12(10(11)16)9-8(15)7(14)5(25-9)4-24-29(20,21)27-30(22,23)26-28(17,18)19/h2-3,5,7-9,14-15H,4H2,1H3,(H,20,21)(H,22,23)(H2,17,18,19)/t5-,7-,8-,9-/m1/s1. The maximum atomic E-state index is 12.1. The van der Waals surface area contributed by atoms with E-state index in [9.17, 15) is 38.4 Å². The second kappa shape index (κ2) is 8.84. The van der Waals surface area contributed by atoms with Gasteiger partial charge in [-0.25, -0.2) is 18.5 Å². The molecule has 30 heavy (non-hydrogen) atoms. The minimum Gasteiger partial charge on any atom is -0.387 e. The predicted molar refractivity (Wildman–Crippen MR) is 91.7 cm³/mol. The number of hydrogen-bond donors (Lipinski definition) is 6. The summed E-state index contributed by atoms with van der Waals surface area (Å²) in [6.45, 7) is -1.04. The molecule has 0 spiro atoms. The first-order chi connectivity index (χ1) is 13.5. The Morgan fingerprint density at radius 1 is 1.03 bits per heavy atom. The Labute approximate surface area is 166 Å². The van der Waals surface area contributed by atoms with Gasteiger partial charge in [0, 0.05) is 19.3 Å². The van der Waals surface area contributed by atoms with Gasteiger partial charge >= 0.3 is 29.2 Å². The molecule has 2 rings (SSSR count). The van der Waals surface area contributed by atoms with E-state index in [2.05, 4.69) is 13.1 Å². The molecule has 1 fully saturated rings. The van der Waals surface area contributed by atoms with Crippen LogP contribution in [0.15, 0.2) is 21.9 Å². The highest BCUT2D eigenvalue weighted by Gasteiger charge is 2.46. The van der Waals surface area contributed by atoms with Crippen LogP contribution < -0.4 is 11.2 Å². The van der Waals surface area contributed by atoms with Gasteiger partial charge in [0.05, 0.1) is 6.61 Å². The van der Waals surface area contributed by atoms with Crippen LogP contribution in [0.3, 0.4) is 0 Å². The molecule has 6 atom stereocenters. The molecule has 0 aromatic carbocycles. The molecular formula is C10H17N2O15P3. The maximum absolute atomic E-state index is 12.1. The van der Waals surface area contributed by atoms with Gasteiger partial charge in [-0.05, 0) is 0 Å². The number of aliphatic hydroxyl groups excluding tert-OH is 2. The molecule has 0 radical (unpaired) electrons. The van der Waals surface area contributed by atoms with Crippen LogP contribution in [0.5, 0.6) is 0 Å². The predicted octanol–water partition coefficient (Wildman–Crippen LogP) is -2.49. The van der Waals surface area contributed by atoms with E-state index in [4.69, 9.17) is 19.4 Å². The van der Waals surface area contributed by atoms with Crippen molar-refractivity contribution in [3.05, 3.63) is 33.1 Å². The molecule has 0 saturated carbocycles. The van der Waals surface area contributed by atoms with E-state index >= 15 is 0 Å². The van der Waals surface area contributed by atoms with Crippen LogP contribution in [0, 0.1) is 0 Å². The molecule has 0 amide bonds. The summed E-state index contributed by atoms with van der Waals surface area (Å²) in [5.74, 6) is 0. The molecule has 1 aromatic heterocycles. The van der Waals surface area contributed by atoms with Gasteiger partial charge in [0.2, 0.25) is 0 Å². The van der Waals surface area contributed by atoms with E-state index in [0.717, 1.165) is 23.9 Å². The summed E-state index contributed by atoms with van der Waals surface area (Å²) >= 11 is 0. The van der Waals surface area contributed by atoms with Crippen LogP contribution in [0.2, 0.25) is 0 Å². The Morgan fingerprint density at radius 3 is 2.20 bits per heavy atom. The zero-order chi connectivity index (χ0) is 23.1. The number of rotatable bonds is 8. The number of aromatic nitrogens is 2. The van der Waals surface area contributed by atoms with Gasteiger partial charge in [0.15, 0.2) is 6.23 Å². The lowest BCUT2D eigenvalue weighted by Crippen LogP contribution is -2.41. The third-order valence-electron chi connectivity index (χ3n) is 3.65. The lowest BCUT2D eigenvalue weighted by atomic mass is 10.1. The summed E-state index contributed by atoms with van der Waals surface area (Å²) in [6.07, 6.45) is -5.66. The van der Waals surface area contributed by atoms with E-state index in [1.54, 1.807) is 0 Å². The fourth-order valence-corrected chi connectivity index (χ4v) is 5.38. The zero-order valence-corrected chi connectivity index (χ0v) is 17.4. The minimum absolute atomic E-state index is 0.659. The number of nitrogens with zero attached hydrogens (tertiary/aromatic N) is 2. The molecule has 1 saturated heterocycles. The highest BCUT2D eigenvalue weighted by atomic mass is 31.3. The summed E-state index contributed by atoms with van der Waals surface area (Å²) in [4.78, 5) is 58.9. The van der Waals surface area contributed by atoms with Gasteiger partial charge in [-0.2, -0.15) is 8.62 Å². The second-order valence-corrected chi connectivity index (χ2v) is 10.3. The fraction of sp³-hybridized carbons (Fsp3) is 0.600. The topological polar surface area (TPSA) is 254 Å². The first-order valence-electron chi connectivity index (χ1n) is 7.61. The quantitative estimate of drug-likeness (QED) is 0.203. The number of phosphoric acid groups is 3. The molecule has 172 valence electrons. The maximum Gasteiger partial charge on any atom is 0.490 e. The van der Waals surface area contributed by atoms with Crippen LogP contribution in [-0.2, 0) is 38.6 Å². The third-order valence-corrected chi connectivity index (χ3v) is 7.45. The van der Waals surface area contributed by atoms with Gasteiger partial charge < -0.3 is 34.5 Å². The minimum atomic E-state index is -5.73. The average molecular weight is 498 g/mol. The van der Waals surface area contributed by atoms with E-state index in [-0.39, 0.29) is 0 Å². The largest absolute Gasteiger partial charge is 0.490 e. The Hall–Kier alpha value is -1.03. The summed E-state index contributed by atoms with van der Waals surface area (Å²) in [5.41, 5.74) is -1.57. The molecule has 1 aliphatic heterocycles. The van der Waals surface area contributed by atoms with Crippen molar-refractivity contribution >= 4 is 23.5 Å². The van der Waals surface area contributed by atoms with Crippen LogP contribution in [-0.4, -0.2) is 63.8 Å². The van der Waals surface area contributed by atoms with Gasteiger partial charge in [-0.1, -0.05) is 0 Å². The van der Waals surface area contributed by atoms with Gasteiger partial charge in [0.25, 0.3) is 5.56 Å². The summed E-state index contributed by atoms with van der Waals surface area (Å²) in [5, 5.41) is 20.1. The summed E-state index contributed by atoms with van der Waals surface area (Å²) < 4.78 is 51.5. The number of hydrogen-bond acceptors (Lipinski definition) is 11. The monoisotopic (exact) mass is 498 g/mol. The Bertz CT molecular complexity index is 1040. The molecule has 2 heterocycles. The molecule has 0 aliphatic carbocycles. The molecule has 20 heteroatoms. The van der Waals surface area contributed by atoms with Crippen molar-refractivity contribution in [3.63, 3.8) is 0 Å². The third kappa shape index (κ3) is 6.24. The van der Waals surface area contributed by atoms with Crippen LogP contribution >= 0.6 is 23.5 Å². The van der Waals surface area contributed by atoms with Crippen molar-refractivity contribution in [1.82, 2.24) is 9.13 Å². The Kier molecular flexibility index (Phi) is 7.44. The lowest BCUT2D eigenvalue weighted by Gasteiger charge is -2.19. The van der Waals surface area contributed by atoms with Crippen molar-refractivity contribution in [3.8, 4) is 0 Å². The van der Waals surface area contributed by atoms with Gasteiger partial charge in [-0.3, -0.25) is 18.5 Å². The lowest BCUT2D eigenvalue weighted by molar-refractivity contribution is -0.0547. The van der Waals surface area contributed by atoms with Crippen LogP contribution in [0.25, 0.3) is 0 Å². The second-order valence-electron chi connectivity index (χ2n) is 5.84. The highest BCUT2D eigenvalue weighted by molar-refractivity contribution is 7.66. The first-order valence-corrected chi connectivity index (χ1v) is 12.1. The molecular weight excluding hydrogens is 481 g/mol. The van der Waals surface area contributed by atoms with Crippen LogP contribution in [0.4, 0.5) is 0 Å². The highest BCUT2D eigenvalue weighted by Crippen LogP contribution is 2.66. The van der Waals surface area contributed by atoms with E-state index < -0.39 is 65.9 Å². The van der Waals surface area contributed by atoms with E-state index in [1.807, 2.05) is 0 Å². The zero-order valence-electron chi connectivity index (χ0n) is 14.8. The normalized spacial score (nSPS) is 28.8. The molecule has 17 nitrogen and oxygen atoms in total. The van der Waals surface area contributed by atoms with Crippen molar-refractivity contribution in [1.29, 1.82) is 0 Å². The Balaban J connectivity index is 2.09. The molecule has 2 unspecified atom stereocenters. The average Bonchev–Trinajstić information content (AvgIpc) is 2.83. The van der Waals surface area contributed by atoms with Crippen molar-refractivity contribution in [2.45, 2.75) is 24.5 Å². The SMILES string of the molecule is Cn1c(=O)ccn([C@@H]2O[C@H](COP(=O)(O)OP(=O)(O)OP(=O)(O)O)[C@@H](O)[C@H]2O)c1=O. The van der Waals surface area contributed by atoms with Crippen LogP contribution in [0.1, 0.15) is 6.23 Å². The van der Waals surface area contributed by atoms with Crippen molar-refractivity contribution < 1.29 is 61.4 Å². The van der Waals surface area contributed by atoms with Crippen molar-refractivity contribution in [2.75, 3.05) is 6.61 Å². The molecule has 6 N–H and O–H groups in total. The van der Waals surface area contributed by atoms with Crippen molar-refractivity contribution in [2.24, 2.45) is 7.05 Å². The smallest absolute Gasteiger partial charge is 0.387 e. The molecule has 1 aliphatic rings. The Morgan fingerprint density at radius 2 is 1.63 bits per heavy atom. The molecule has 1 aromatic rings. The number of aliphatic hydroxyl groups is 2. The van der Waals surface area contributed by atoms with E-state index in [1.165, 1.54) is 0 Å². The summed E-state index contributed by atoms with van der Waals surface area (Å²) in [7, 11) is -15.6. The fourth-order valence-electron chi connectivity index (χ4n) is 2.35. The van der Waals surface area contributed by atoms with Gasteiger partial charge in [0.1, 0.15) is 18.3 Å². The van der Waals surface area contributed by atoms with Gasteiger partial charge in [-0.15, -0.1) is 0 Å². The number of phosphoric ester groups is 1. The number of ether oxygens (including phenoxy) is 1. The summed E-state index contributed by atoms with van der Waals surface area (Å²) in [6, 6.07) is 0.975.